The maximum atomic E-state index is 13.2. The number of fused-ring (bicyclic) bond motifs is 1. The molecule has 144 valence electrons. The van der Waals surface area contributed by atoms with Crippen LogP contribution in [0.1, 0.15) is 17.3 Å². The van der Waals surface area contributed by atoms with E-state index in [-0.39, 0.29) is 12.1 Å². The molecular weight excluding hydrogens is 356 g/mol. The van der Waals surface area contributed by atoms with E-state index in [2.05, 4.69) is 20.9 Å². The minimum Gasteiger partial charge on any atom is -0.493 e. The quantitative estimate of drug-likeness (QED) is 0.754. The van der Waals surface area contributed by atoms with Crippen molar-refractivity contribution >= 4 is 11.7 Å². The number of methoxy groups -OCH3 is 2. The van der Waals surface area contributed by atoms with E-state index in [1.165, 1.54) is 0 Å². The first-order chi connectivity index (χ1) is 13.7. The van der Waals surface area contributed by atoms with E-state index >= 15 is 0 Å². The average molecular weight is 378 g/mol. The van der Waals surface area contributed by atoms with Crippen molar-refractivity contribution in [1.82, 2.24) is 14.5 Å². The molecule has 1 aromatic carbocycles. The predicted molar refractivity (Wildman–Crippen MR) is 106 cm³/mol. The lowest BCUT2D eigenvalue weighted by atomic mass is 10.0. The molecule has 28 heavy (non-hydrogen) atoms. The molecule has 2 aromatic heterocycles. The molecule has 3 heterocycles. The fourth-order valence-corrected chi connectivity index (χ4v) is 3.61. The van der Waals surface area contributed by atoms with Crippen LogP contribution in [0, 0.1) is 0 Å². The van der Waals surface area contributed by atoms with Crippen LogP contribution in [0.2, 0.25) is 0 Å². The van der Waals surface area contributed by atoms with Crippen molar-refractivity contribution < 1.29 is 14.3 Å². The molecule has 7 heteroatoms. The first-order valence-corrected chi connectivity index (χ1v) is 9.06. The third-order valence-corrected chi connectivity index (χ3v) is 4.96. The van der Waals surface area contributed by atoms with Gasteiger partial charge in [-0.1, -0.05) is 0 Å². The standard InChI is InChI=1S/C21H22N4O3/c1-27-18-6-5-16(14-19(18)28-2)23-21(26)25-13-12-24-11-3-4-17(24)20(25)15-7-9-22-10-8-15/h3-11,14,20H,12-13H2,1-2H3,(H,23,26)/t20-/m1/s1. The maximum Gasteiger partial charge on any atom is 0.322 e. The van der Waals surface area contributed by atoms with Crippen molar-refractivity contribution in [2.24, 2.45) is 0 Å². The minimum atomic E-state index is -0.174. The summed E-state index contributed by atoms with van der Waals surface area (Å²) in [5.41, 5.74) is 2.76. The van der Waals surface area contributed by atoms with Gasteiger partial charge in [0, 0.05) is 49.1 Å². The van der Waals surface area contributed by atoms with Gasteiger partial charge in [0.05, 0.1) is 20.3 Å². The van der Waals surface area contributed by atoms with Crippen LogP contribution in [-0.2, 0) is 6.54 Å². The van der Waals surface area contributed by atoms with Crippen molar-refractivity contribution in [2.75, 3.05) is 26.1 Å². The van der Waals surface area contributed by atoms with Crippen molar-refractivity contribution in [2.45, 2.75) is 12.6 Å². The van der Waals surface area contributed by atoms with Gasteiger partial charge < -0.3 is 24.3 Å². The minimum absolute atomic E-state index is 0.165. The number of urea groups is 1. The first kappa shape index (κ1) is 17.9. The smallest absolute Gasteiger partial charge is 0.322 e. The first-order valence-electron chi connectivity index (χ1n) is 9.06. The molecule has 1 atom stereocenters. The number of hydrogen-bond acceptors (Lipinski definition) is 4. The number of amides is 2. The molecule has 0 fully saturated rings. The SMILES string of the molecule is COc1ccc(NC(=O)N2CCn3cccc3[C@H]2c2ccncc2)cc1OC. The second-order valence-electron chi connectivity index (χ2n) is 6.50. The van der Waals surface area contributed by atoms with E-state index in [0.717, 1.165) is 17.8 Å². The van der Waals surface area contributed by atoms with Gasteiger partial charge in [-0.15, -0.1) is 0 Å². The highest BCUT2D eigenvalue weighted by atomic mass is 16.5. The lowest BCUT2D eigenvalue weighted by molar-refractivity contribution is 0.182. The van der Waals surface area contributed by atoms with Gasteiger partial charge in [-0.2, -0.15) is 0 Å². The Bertz CT molecular complexity index is 971. The Hall–Kier alpha value is -3.48. The van der Waals surface area contributed by atoms with E-state index < -0.39 is 0 Å². The summed E-state index contributed by atoms with van der Waals surface area (Å²) in [6.07, 6.45) is 5.55. The van der Waals surface area contributed by atoms with Gasteiger partial charge in [-0.25, -0.2) is 4.79 Å². The van der Waals surface area contributed by atoms with E-state index in [9.17, 15) is 4.79 Å². The number of nitrogens with zero attached hydrogens (tertiary/aromatic N) is 3. The monoisotopic (exact) mass is 378 g/mol. The summed E-state index contributed by atoms with van der Waals surface area (Å²) in [6.45, 7) is 1.36. The summed E-state index contributed by atoms with van der Waals surface area (Å²) in [5, 5.41) is 2.99. The molecule has 1 aliphatic rings. The van der Waals surface area contributed by atoms with Gasteiger partial charge in [0.1, 0.15) is 0 Å². The number of carbonyl (C=O) groups excluding carboxylic acids is 1. The van der Waals surface area contributed by atoms with Gasteiger partial charge in [0.25, 0.3) is 0 Å². The average Bonchev–Trinajstić information content (AvgIpc) is 3.22. The number of aromatic nitrogens is 2. The van der Waals surface area contributed by atoms with Crippen LogP contribution in [-0.4, -0.2) is 41.2 Å². The van der Waals surface area contributed by atoms with Gasteiger partial charge in [-0.3, -0.25) is 4.98 Å². The van der Waals surface area contributed by atoms with Gasteiger partial charge in [-0.05, 0) is 42.0 Å². The summed E-state index contributed by atoms with van der Waals surface area (Å²) in [7, 11) is 3.15. The Morgan fingerprint density at radius 3 is 2.61 bits per heavy atom. The number of rotatable bonds is 4. The number of hydrogen-bond donors (Lipinski definition) is 1. The molecule has 0 saturated heterocycles. The van der Waals surface area contributed by atoms with E-state index in [0.29, 0.717) is 23.7 Å². The molecule has 0 saturated carbocycles. The van der Waals surface area contributed by atoms with Gasteiger partial charge >= 0.3 is 6.03 Å². The molecule has 0 unspecified atom stereocenters. The summed E-state index contributed by atoms with van der Waals surface area (Å²) >= 11 is 0. The number of ether oxygens (including phenoxy) is 2. The zero-order chi connectivity index (χ0) is 19.5. The topological polar surface area (TPSA) is 68.6 Å². The van der Waals surface area contributed by atoms with Crippen LogP contribution in [0.25, 0.3) is 0 Å². The van der Waals surface area contributed by atoms with Crippen LogP contribution < -0.4 is 14.8 Å². The molecule has 0 aliphatic carbocycles. The Morgan fingerprint density at radius 2 is 1.86 bits per heavy atom. The molecule has 0 spiro atoms. The molecule has 7 nitrogen and oxygen atoms in total. The fourth-order valence-electron chi connectivity index (χ4n) is 3.61. The van der Waals surface area contributed by atoms with Gasteiger partial charge in [0.15, 0.2) is 11.5 Å². The highest BCUT2D eigenvalue weighted by molar-refractivity contribution is 5.90. The highest BCUT2D eigenvalue weighted by Crippen LogP contribution is 2.34. The molecule has 4 rings (SSSR count). The number of pyridine rings is 1. The summed E-state index contributed by atoms with van der Waals surface area (Å²) in [5.74, 6) is 1.18. The van der Waals surface area contributed by atoms with Gasteiger partial charge in [0.2, 0.25) is 0 Å². The van der Waals surface area contributed by atoms with Crippen LogP contribution in [0.3, 0.4) is 0 Å². The van der Waals surface area contributed by atoms with Crippen molar-refractivity contribution in [3.05, 3.63) is 72.3 Å². The summed E-state index contributed by atoms with van der Waals surface area (Å²) in [6, 6.07) is 13.0. The molecular formula is C21H22N4O3. The molecule has 1 aliphatic heterocycles. The van der Waals surface area contributed by atoms with Crippen LogP contribution >= 0.6 is 0 Å². The zero-order valence-corrected chi connectivity index (χ0v) is 15.8. The Morgan fingerprint density at radius 1 is 1.07 bits per heavy atom. The van der Waals surface area contributed by atoms with Crippen LogP contribution in [0.4, 0.5) is 10.5 Å². The molecule has 0 radical (unpaired) electrons. The molecule has 0 bridgehead atoms. The lowest BCUT2D eigenvalue weighted by Crippen LogP contribution is -2.44. The maximum absolute atomic E-state index is 13.2. The highest BCUT2D eigenvalue weighted by Gasteiger charge is 2.32. The molecule has 2 amide bonds. The lowest BCUT2D eigenvalue weighted by Gasteiger charge is -2.37. The normalized spacial score (nSPS) is 15.6. The number of carbonyl (C=O) groups is 1. The fraction of sp³-hybridized carbons (Fsp3) is 0.238. The second-order valence-corrected chi connectivity index (χ2v) is 6.50. The summed E-state index contributed by atoms with van der Waals surface area (Å²) in [4.78, 5) is 19.1. The summed E-state index contributed by atoms with van der Waals surface area (Å²) < 4.78 is 12.8. The van der Waals surface area contributed by atoms with Crippen molar-refractivity contribution in [3.8, 4) is 11.5 Å². The molecule has 1 N–H and O–H groups in total. The zero-order valence-electron chi connectivity index (χ0n) is 15.8. The third kappa shape index (κ3) is 3.26. The Kier molecular flexibility index (Phi) is 4.89. The largest absolute Gasteiger partial charge is 0.493 e. The van der Waals surface area contributed by atoms with Crippen LogP contribution in [0.5, 0.6) is 11.5 Å². The van der Waals surface area contributed by atoms with E-state index in [4.69, 9.17) is 9.47 Å². The predicted octanol–water partition coefficient (Wildman–Crippen LogP) is 3.54. The van der Waals surface area contributed by atoms with Crippen molar-refractivity contribution in [3.63, 3.8) is 0 Å². The number of benzene rings is 1. The Balaban J connectivity index is 1.63. The molecule has 3 aromatic rings. The van der Waals surface area contributed by atoms with Crippen molar-refractivity contribution in [1.29, 1.82) is 0 Å². The van der Waals surface area contributed by atoms with Crippen LogP contribution in [0.15, 0.2) is 61.1 Å². The second kappa shape index (κ2) is 7.64. The number of nitrogens with one attached hydrogen (secondary N) is 1. The van der Waals surface area contributed by atoms with E-state index in [1.54, 1.807) is 44.8 Å². The third-order valence-electron chi connectivity index (χ3n) is 4.96. The van der Waals surface area contributed by atoms with E-state index in [1.807, 2.05) is 29.3 Å². The Labute approximate surface area is 163 Å². The number of anilines is 1.